The van der Waals surface area contributed by atoms with Crippen molar-refractivity contribution in [3.63, 3.8) is 0 Å². The van der Waals surface area contributed by atoms with Gasteiger partial charge in [-0.1, -0.05) is 12.1 Å². The summed E-state index contributed by atoms with van der Waals surface area (Å²) >= 11 is 0. The zero-order valence-corrected chi connectivity index (χ0v) is 18.2. The zero-order valence-electron chi connectivity index (χ0n) is 18.2. The first-order chi connectivity index (χ1) is 13.9. The zero-order chi connectivity index (χ0) is 20.4. The average Bonchev–Trinajstić information content (AvgIpc) is 2.67. The summed E-state index contributed by atoms with van der Waals surface area (Å²) in [4.78, 5) is 19.2. The molecule has 3 fully saturated rings. The first kappa shape index (κ1) is 20.5. The van der Waals surface area contributed by atoms with Crippen molar-refractivity contribution in [2.24, 2.45) is 0 Å². The largest absolute Gasteiger partial charge is 0.444 e. The van der Waals surface area contributed by atoms with Crippen molar-refractivity contribution in [3.05, 3.63) is 29.8 Å². The second-order valence-electron chi connectivity index (χ2n) is 9.72. The molecular formula is C23H36N4O2. The summed E-state index contributed by atoms with van der Waals surface area (Å²) in [6.07, 6.45) is 3.75. The lowest BCUT2D eigenvalue weighted by Crippen LogP contribution is -2.59. The van der Waals surface area contributed by atoms with Gasteiger partial charge in [0.1, 0.15) is 5.60 Å². The molecule has 1 amide bonds. The van der Waals surface area contributed by atoms with Crippen LogP contribution in [-0.4, -0.2) is 72.8 Å². The Balaban J connectivity index is 1.34. The molecule has 2 bridgehead atoms. The van der Waals surface area contributed by atoms with Gasteiger partial charge < -0.3 is 19.9 Å². The van der Waals surface area contributed by atoms with E-state index in [1.54, 1.807) is 0 Å². The minimum atomic E-state index is -0.434. The number of carbonyl (C=O) groups is 1. The third kappa shape index (κ3) is 5.04. The van der Waals surface area contributed by atoms with E-state index in [1.807, 2.05) is 25.7 Å². The highest BCUT2D eigenvalue weighted by Gasteiger charge is 2.34. The maximum atomic E-state index is 12.3. The van der Waals surface area contributed by atoms with Gasteiger partial charge in [0, 0.05) is 63.6 Å². The molecule has 2 atom stereocenters. The lowest BCUT2D eigenvalue weighted by Gasteiger charge is -2.48. The normalized spacial score (nSPS) is 25.8. The number of fused-ring (bicyclic) bond motifs is 2. The van der Waals surface area contributed by atoms with Crippen LogP contribution in [0.1, 0.15) is 45.6 Å². The molecule has 160 valence electrons. The van der Waals surface area contributed by atoms with Crippen molar-refractivity contribution < 1.29 is 9.53 Å². The number of rotatable bonds is 3. The number of nitrogens with zero attached hydrogens (tertiary/aromatic N) is 3. The lowest BCUT2D eigenvalue weighted by atomic mass is 9.91. The predicted octanol–water partition coefficient (Wildman–Crippen LogP) is 3.07. The lowest BCUT2D eigenvalue weighted by molar-refractivity contribution is 0.0139. The molecule has 29 heavy (non-hydrogen) atoms. The van der Waals surface area contributed by atoms with Gasteiger partial charge in [-0.15, -0.1) is 0 Å². The maximum Gasteiger partial charge on any atom is 0.410 e. The number of nitrogens with one attached hydrogen (secondary N) is 1. The molecular weight excluding hydrogens is 364 g/mol. The number of amides is 1. The molecule has 3 saturated heterocycles. The smallest absolute Gasteiger partial charge is 0.410 e. The van der Waals surface area contributed by atoms with Crippen LogP contribution in [0.3, 0.4) is 0 Å². The molecule has 0 spiro atoms. The summed E-state index contributed by atoms with van der Waals surface area (Å²) < 4.78 is 5.51. The van der Waals surface area contributed by atoms with Gasteiger partial charge in [0.15, 0.2) is 0 Å². The Morgan fingerprint density at radius 2 is 1.79 bits per heavy atom. The van der Waals surface area contributed by atoms with E-state index in [0.717, 1.165) is 45.8 Å². The minimum Gasteiger partial charge on any atom is -0.444 e. The van der Waals surface area contributed by atoms with E-state index in [0.29, 0.717) is 12.1 Å². The first-order valence-electron chi connectivity index (χ1n) is 11.2. The molecule has 3 heterocycles. The summed E-state index contributed by atoms with van der Waals surface area (Å²) in [5.41, 5.74) is 2.31. The Morgan fingerprint density at radius 3 is 2.45 bits per heavy atom. The summed E-state index contributed by atoms with van der Waals surface area (Å²) in [5.74, 6) is 0. The van der Waals surface area contributed by atoms with Crippen LogP contribution in [0.4, 0.5) is 10.5 Å². The molecule has 0 unspecified atom stereocenters. The summed E-state index contributed by atoms with van der Waals surface area (Å²) in [7, 11) is 0. The van der Waals surface area contributed by atoms with Gasteiger partial charge in [0.2, 0.25) is 0 Å². The Hall–Kier alpha value is -1.79. The van der Waals surface area contributed by atoms with Crippen LogP contribution in [0.25, 0.3) is 0 Å². The standard InChI is InChI=1S/C23H36N4O2/c1-23(2,3)29-22(28)26-12-10-25(11-13-26)17-18-6-4-7-19(14-18)27-20-8-5-9-21(27)16-24-15-20/h4,6-7,14,20-21,24H,5,8-13,15-17H2,1-3H3/t20-,21+. The van der Waals surface area contributed by atoms with E-state index in [4.69, 9.17) is 4.74 Å². The molecule has 1 aromatic rings. The third-order valence-corrected chi connectivity index (χ3v) is 6.26. The Morgan fingerprint density at radius 1 is 1.10 bits per heavy atom. The Kier molecular flexibility index (Phi) is 6.02. The minimum absolute atomic E-state index is 0.190. The number of anilines is 1. The van der Waals surface area contributed by atoms with Crippen molar-refractivity contribution in [1.29, 1.82) is 0 Å². The molecule has 0 aliphatic carbocycles. The van der Waals surface area contributed by atoms with Crippen LogP contribution in [-0.2, 0) is 11.3 Å². The number of piperidine rings is 1. The highest BCUT2D eigenvalue weighted by molar-refractivity contribution is 5.68. The van der Waals surface area contributed by atoms with E-state index in [-0.39, 0.29) is 6.09 Å². The molecule has 1 aromatic carbocycles. The number of hydrogen-bond donors (Lipinski definition) is 1. The van der Waals surface area contributed by atoms with Crippen LogP contribution >= 0.6 is 0 Å². The highest BCUT2D eigenvalue weighted by Crippen LogP contribution is 2.31. The van der Waals surface area contributed by atoms with E-state index >= 15 is 0 Å². The van der Waals surface area contributed by atoms with Gasteiger partial charge >= 0.3 is 6.09 Å². The quantitative estimate of drug-likeness (QED) is 0.845. The molecule has 3 aliphatic rings. The molecule has 4 rings (SSSR count). The van der Waals surface area contributed by atoms with Gasteiger partial charge in [0.05, 0.1) is 0 Å². The van der Waals surface area contributed by atoms with Crippen LogP contribution in [0.2, 0.25) is 0 Å². The fraction of sp³-hybridized carbons (Fsp3) is 0.696. The molecule has 0 aromatic heterocycles. The number of benzene rings is 1. The van der Waals surface area contributed by atoms with E-state index < -0.39 is 5.60 Å². The molecule has 6 heteroatoms. The molecule has 6 nitrogen and oxygen atoms in total. The number of piperazine rings is 2. The molecule has 3 aliphatic heterocycles. The second kappa shape index (κ2) is 8.52. The van der Waals surface area contributed by atoms with Crippen LogP contribution < -0.4 is 10.2 Å². The van der Waals surface area contributed by atoms with Crippen LogP contribution in [0.15, 0.2) is 24.3 Å². The number of ether oxygens (including phenoxy) is 1. The van der Waals surface area contributed by atoms with Crippen LogP contribution in [0, 0.1) is 0 Å². The monoisotopic (exact) mass is 400 g/mol. The summed E-state index contributed by atoms with van der Waals surface area (Å²) in [5, 5.41) is 3.60. The Bertz CT molecular complexity index is 687. The first-order valence-corrected chi connectivity index (χ1v) is 11.2. The van der Waals surface area contributed by atoms with E-state index in [9.17, 15) is 4.79 Å². The van der Waals surface area contributed by atoms with Crippen LogP contribution in [0.5, 0.6) is 0 Å². The summed E-state index contributed by atoms with van der Waals surface area (Å²) in [6, 6.07) is 10.4. The number of hydrogen-bond acceptors (Lipinski definition) is 5. The predicted molar refractivity (Wildman–Crippen MR) is 116 cm³/mol. The number of carbonyl (C=O) groups excluding carboxylic acids is 1. The fourth-order valence-corrected chi connectivity index (χ4v) is 4.89. The summed E-state index contributed by atoms with van der Waals surface area (Å²) in [6.45, 7) is 12.2. The van der Waals surface area contributed by atoms with Gasteiger partial charge in [-0.25, -0.2) is 4.79 Å². The van der Waals surface area contributed by atoms with Gasteiger partial charge in [-0.3, -0.25) is 4.90 Å². The second-order valence-corrected chi connectivity index (χ2v) is 9.72. The SMILES string of the molecule is CC(C)(C)OC(=O)N1CCN(Cc2cccc(N3[C@@H]4CCC[C@H]3CNC4)c2)CC1. The average molecular weight is 401 g/mol. The maximum absolute atomic E-state index is 12.3. The van der Waals surface area contributed by atoms with Crippen molar-refractivity contribution in [1.82, 2.24) is 15.1 Å². The fourth-order valence-electron chi connectivity index (χ4n) is 4.89. The topological polar surface area (TPSA) is 48.1 Å². The van der Waals surface area contributed by atoms with E-state index in [2.05, 4.69) is 39.4 Å². The van der Waals surface area contributed by atoms with Gasteiger partial charge in [-0.2, -0.15) is 0 Å². The van der Waals surface area contributed by atoms with E-state index in [1.165, 1.54) is 30.5 Å². The molecule has 0 saturated carbocycles. The van der Waals surface area contributed by atoms with Crippen molar-refractivity contribution in [2.45, 2.75) is 64.3 Å². The van der Waals surface area contributed by atoms with Gasteiger partial charge in [0.25, 0.3) is 0 Å². The van der Waals surface area contributed by atoms with Crippen molar-refractivity contribution >= 4 is 11.8 Å². The Labute approximate surface area is 175 Å². The van der Waals surface area contributed by atoms with Gasteiger partial charge in [-0.05, 0) is 57.7 Å². The highest BCUT2D eigenvalue weighted by atomic mass is 16.6. The molecule has 1 N–H and O–H groups in total. The third-order valence-electron chi connectivity index (χ3n) is 6.26. The van der Waals surface area contributed by atoms with Crippen molar-refractivity contribution in [2.75, 3.05) is 44.2 Å². The molecule has 0 radical (unpaired) electrons. The van der Waals surface area contributed by atoms with Crippen molar-refractivity contribution in [3.8, 4) is 0 Å².